The lowest BCUT2D eigenvalue weighted by atomic mass is 9.96. The van der Waals surface area contributed by atoms with E-state index in [1.165, 1.54) is 19.5 Å². The minimum Gasteiger partial charge on any atom is -0.426 e. The van der Waals surface area contributed by atoms with Crippen molar-refractivity contribution in [2.24, 2.45) is 5.92 Å². The standard InChI is InChI=1S/C18H19ClN2O3/c19-16-5-6-17(24-16)23-15-3-1-13(2-4-15)18(22)20-14-9-12-7-8-21(10-12)11-14/h1-6,12,14H,7-11H2,(H,20,22)/t12-,14-/m1/s1. The molecule has 2 fully saturated rings. The number of fused-ring (bicyclic) bond motifs is 2. The number of hydrogen-bond acceptors (Lipinski definition) is 4. The third-order valence-corrected chi connectivity index (χ3v) is 4.89. The molecule has 3 atom stereocenters. The van der Waals surface area contributed by atoms with Crippen molar-refractivity contribution in [3.05, 3.63) is 47.2 Å². The molecule has 6 heteroatoms. The quantitative estimate of drug-likeness (QED) is 0.919. The summed E-state index contributed by atoms with van der Waals surface area (Å²) in [4.78, 5) is 14.8. The first-order valence-corrected chi connectivity index (χ1v) is 8.60. The number of carbonyl (C=O) groups is 1. The lowest BCUT2D eigenvalue weighted by molar-refractivity contribution is 0.0909. The van der Waals surface area contributed by atoms with Crippen LogP contribution in [-0.2, 0) is 0 Å². The van der Waals surface area contributed by atoms with E-state index in [2.05, 4.69) is 10.2 Å². The Morgan fingerprint density at radius 3 is 2.75 bits per heavy atom. The van der Waals surface area contributed by atoms with Gasteiger partial charge in [-0.2, -0.15) is 0 Å². The van der Waals surface area contributed by atoms with E-state index in [1.807, 2.05) is 0 Å². The third kappa shape index (κ3) is 3.42. The zero-order valence-electron chi connectivity index (χ0n) is 13.2. The van der Waals surface area contributed by atoms with E-state index < -0.39 is 0 Å². The van der Waals surface area contributed by atoms with Crippen LogP contribution in [0.2, 0.25) is 5.22 Å². The van der Waals surface area contributed by atoms with Crippen LogP contribution in [0.3, 0.4) is 0 Å². The van der Waals surface area contributed by atoms with Crippen LogP contribution in [0, 0.1) is 5.92 Å². The number of benzene rings is 1. The van der Waals surface area contributed by atoms with E-state index in [4.69, 9.17) is 20.8 Å². The van der Waals surface area contributed by atoms with Crippen molar-refractivity contribution in [2.45, 2.75) is 18.9 Å². The average Bonchev–Trinajstić information content (AvgIpc) is 3.13. The highest BCUT2D eigenvalue weighted by Gasteiger charge is 2.32. The van der Waals surface area contributed by atoms with E-state index in [9.17, 15) is 4.79 Å². The Hall–Kier alpha value is -1.98. The van der Waals surface area contributed by atoms with E-state index in [0.29, 0.717) is 17.3 Å². The topological polar surface area (TPSA) is 54.7 Å². The summed E-state index contributed by atoms with van der Waals surface area (Å²) in [6.45, 7) is 3.32. The maximum Gasteiger partial charge on any atom is 0.291 e. The van der Waals surface area contributed by atoms with Crippen molar-refractivity contribution in [1.82, 2.24) is 10.2 Å². The number of carbonyl (C=O) groups excluding carboxylic acids is 1. The van der Waals surface area contributed by atoms with Crippen LogP contribution in [0.1, 0.15) is 23.2 Å². The Morgan fingerprint density at radius 2 is 2.04 bits per heavy atom. The van der Waals surface area contributed by atoms with Crippen LogP contribution < -0.4 is 10.1 Å². The van der Waals surface area contributed by atoms with Gasteiger partial charge in [-0.3, -0.25) is 4.79 Å². The van der Waals surface area contributed by atoms with Crippen LogP contribution in [0.5, 0.6) is 11.7 Å². The lowest BCUT2D eigenvalue weighted by Crippen LogP contribution is -2.46. The summed E-state index contributed by atoms with van der Waals surface area (Å²) in [5.74, 6) is 1.62. The molecule has 3 heterocycles. The van der Waals surface area contributed by atoms with Gasteiger partial charge in [0, 0.05) is 36.8 Å². The van der Waals surface area contributed by atoms with Crippen molar-refractivity contribution in [3.63, 3.8) is 0 Å². The number of piperidine rings is 1. The zero-order valence-corrected chi connectivity index (χ0v) is 14.0. The number of nitrogens with zero attached hydrogens (tertiary/aromatic N) is 1. The fourth-order valence-corrected chi connectivity index (χ4v) is 3.72. The van der Waals surface area contributed by atoms with Crippen molar-refractivity contribution in [2.75, 3.05) is 19.6 Å². The molecule has 2 aliphatic heterocycles. The number of halogens is 1. The molecule has 2 bridgehead atoms. The molecule has 0 aliphatic carbocycles. The molecule has 2 aromatic rings. The second-order valence-electron chi connectivity index (χ2n) is 6.51. The molecule has 0 spiro atoms. The number of furan rings is 1. The van der Waals surface area contributed by atoms with Gasteiger partial charge in [0.05, 0.1) is 0 Å². The molecular weight excluding hydrogens is 328 g/mol. The Labute approximate surface area is 145 Å². The highest BCUT2D eigenvalue weighted by Crippen LogP contribution is 2.28. The van der Waals surface area contributed by atoms with E-state index in [0.717, 1.165) is 18.9 Å². The second kappa shape index (κ2) is 6.49. The molecule has 1 aromatic carbocycles. The van der Waals surface area contributed by atoms with Gasteiger partial charge >= 0.3 is 0 Å². The largest absolute Gasteiger partial charge is 0.426 e. The van der Waals surface area contributed by atoms with E-state index >= 15 is 0 Å². The monoisotopic (exact) mass is 346 g/mol. The molecule has 24 heavy (non-hydrogen) atoms. The first-order valence-electron chi connectivity index (χ1n) is 8.22. The van der Waals surface area contributed by atoms with Crippen LogP contribution in [-0.4, -0.2) is 36.5 Å². The first kappa shape index (κ1) is 15.5. The van der Waals surface area contributed by atoms with Crippen molar-refractivity contribution in [3.8, 4) is 11.7 Å². The van der Waals surface area contributed by atoms with Gasteiger partial charge in [-0.1, -0.05) is 0 Å². The Balaban J connectivity index is 1.36. The van der Waals surface area contributed by atoms with Gasteiger partial charge in [-0.15, -0.1) is 0 Å². The van der Waals surface area contributed by atoms with Gasteiger partial charge in [-0.25, -0.2) is 0 Å². The van der Waals surface area contributed by atoms with Crippen molar-refractivity contribution >= 4 is 17.5 Å². The van der Waals surface area contributed by atoms with Crippen LogP contribution in [0.4, 0.5) is 0 Å². The van der Waals surface area contributed by atoms with E-state index in [-0.39, 0.29) is 17.2 Å². The van der Waals surface area contributed by atoms with Crippen LogP contribution in [0.15, 0.2) is 40.8 Å². The number of amides is 1. The fraction of sp³-hybridized carbons (Fsp3) is 0.389. The molecule has 4 rings (SSSR count). The van der Waals surface area contributed by atoms with Gasteiger partial charge in [0.2, 0.25) is 0 Å². The van der Waals surface area contributed by atoms with Crippen LogP contribution in [0.25, 0.3) is 0 Å². The summed E-state index contributed by atoms with van der Waals surface area (Å²) >= 11 is 5.71. The Kier molecular flexibility index (Phi) is 4.21. The summed E-state index contributed by atoms with van der Waals surface area (Å²) in [5.41, 5.74) is 0.632. The number of rotatable bonds is 4. The maximum atomic E-state index is 12.4. The van der Waals surface area contributed by atoms with Gasteiger partial charge in [0.25, 0.3) is 11.9 Å². The molecule has 1 N–H and O–H groups in total. The van der Waals surface area contributed by atoms with Crippen LogP contribution >= 0.6 is 11.6 Å². The van der Waals surface area contributed by atoms with Crippen molar-refractivity contribution in [1.29, 1.82) is 0 Å². The minimum absolute atomic E-state index is 0.0323. The molecular formula is C18H19ClN2O3. The maximum absolute atomic E-state index is 12.4. The molecule has 1 aromatic heterocycles. The highest BCUT2D eigenvalue weighted by atomic mass is 35.5. The molecule has 126 valence electrons. The van der Waals surface area contributed by atoms with Gasteiger partial charge in [0.1, 0.15) is 5.75 Å². The first-order chi connectivity index (χ1) is 11.7. The molecule has 5 nitrogen and oxygen atoms in total. The van der Waals surface area contributed by atoms with E-state index in [1.54, 1.807) is 36.4 Å². The Morgan fingerprint density at radius 1 is 1.21 bits per heavy atom. The number of ether oxygens (including phenoxy) is 1. The molecule has 0 radical (unpaired) electrons. The molecule has 1 amide bonds. The summed E-state index contributed by atoms with van der Waals surface area (Å²) in [6.07, 6.45) is 2.35. The number of hydrogen-bond donors (Lipinski definition) is 1. The lowest BCUT2D eigenvalue weighted by Gasteiger charge is -2.30. The normalized spacial score (nSPS) is 25.5. The SMILES string of the molecule is O=C(N[C@@H]1C[C@H]2CCN(C2)C1)c1ccc(Oc2ccc(Cl)o2)cc1. The fourth-order valence-electron chi connectivity index (χ4n) is 3.58. The Bertz CT molecular complexity index is 716. The highest BCUT2D eigenvalue weighted by molar-refractivity contribution is 6.28. The average molecular weight is 347 g/mol. The van der Waals surface area contributed by atoms with Gasteiger partial charge in [0.15, 0.2) is 5.22 Å². The molecule has 0 saturated carbocycles. The third-order valence-electron chi connectivity index (χ3n) is 4.69. The molecule has 2 aliphatic rings. The summed E-state index contributed by atoms with van der Waals surface area (Å²) in [6, 6.07) is 10.5. The minimum atomic E-state index is -0.0323. The smallest absolute Gasteiger partial charge is 0.291 e. The second-order valence-corrected chi connectivity index (χ2v) is 6.88. The van der Waals surface area contributed by atoms with Gasteiger partial charge < -0.3 is 19.4 Å². The number of nitrogens with one attached hydrogen (secondary N) is 1. The zero-order chi connectivity index (χ0) is 16.5. The predicted molar refractivity (Wildman–Crippen MR) is 90.7 cm³/mol. The predicted octanol–water partition coefficient (Wildman–Crippen LogP) is 3.55. The van der Waals surface area contributed by atoms with Gasteiger partial charge in [-0.05, 0) is 61.2 Å². The summed E-state index contributed by atoms with van der Waals surface area (Å²) in [7, 11) is 0. The molecule has 2 saturated heterocycles. The van der Waals surface area contributed by atoms with Crippen molar-refractivity contribution < 1.29 is 13.9 Å². The molecule has 1 unspecified atom stereocenters. The summed E-state index contributed by atoms with van der Waals surface area (Å²) < 4.78 is 10.7. The summed E-state index contributed by atoms with van der Waals surface area (Å²) in [5, 5.41) is 3.43.